The van der Waals surface area contributed by atoms with Gasteiger partial charge in [-0.1, -0.05) is 57.5 Å². The van der Waals surface area contributed by atoms with Crippen molar-refractivity contribution >= 4 is 6.09 Å². The van der Waals surface area contributed by atoms with E-state index in [1.807, 2.05) is 37.3 Å². The number of alkyl carbamates (subject to hydrolysis) is 1. The molecule has 0 bridgehead atoms. The summed E-state index contributed by atoms with van der Waals surface area (Å²) in [6, 6.07) is 9.45. The Bertz CT molecular complexity index is 451. The number of rotatable bonds is 11. The Balaban J connectivity index is 2.58. The van der Waals surface area contributed by atoms with Crippen LogP contribution in [0, 0.1) is 5.92 Å². The van der Waals surface area contributed by atoms with Gasteiger partial charge in [0.15, 0.2) is 0 Å². The summed E-state index contributed by atoms with van der Waals surface area (Å²) in [7, 11) is 0. The van der Waals surface area contributed by atoms with E-state index in [9.17, 15) is 9.90 Å². The molecular formula is C19H32N2O3. The van der Waals surface area contributed by atoms with Crippen molar-refractivity contribution in [2.75, 3.05) is 19.7 Å². The topological polar surface area (TPSA) is 70.6 Å². The maximum atomic E-state index is 11.9. The molecule has 0 heterocycles. The van der Waals surface area contributed by atoms with E-state index in [-0.39, 0.29) is 6.04 Å². The summed E-state index contributed by atoms with van der Waals surface area (Å²) < 4.78 is 5.16. The lowest BCUT2D eigenvalue weighted by molar-refractivity contribution is 0.103. The SMILES string of the molecule is CCCCOC(=O)NC(Cc1ccccc1)C(O)CNCC(C)C. The lowest BCUT2D eigenvalue weighted by Crippen LogP contribution is -2.49. The van der Waals surface area contributed by atoms with E-state index in [1.165, 1.54) is 0 Å². The molecule has 5 heteroatoms. The monoisotopic (exact) mass is 336 g/mol. The second kappa shape index (κ2) is 11.9. The van der Waals surface area contributed by atoms with Crippen molar-refractivity contribution in [1.29, 1.82) is 0 Å². The molecular weight excluding hydrogens is 304 g/mol. The Morgan fingerprint density at radius 1 is 1.21 bits per heavy atom. The number of hydrogen-bond donors (Lipinski definition) is 3. The molecule has 1 amide bonds. The van der Waals surface area contributed by atoms with Gasteiger partial charge in [-0.15, -0.1) is 0 Å². The summed E-state index contributed by atoms with van der Waals surface area (Å²) in [6.07, 6.45) is 1.24. The average molecular weight is 336 g/mol. The van der Waals surface area contributed by atoms with Crippen molar-refractivity contribution < 1.29 is 14.6 Å². The average Bonchev–Trinajstić information content (AvgIpc) is 2.55. The van der Waals surface area contributed by atoms with Gasteiger partial charge in [-0.25, -0.2) is 4.79 Å². The van der Waals surface area contributed by atoms with Crippen molar-refractivity contribution in [2.24, 2.45) is 5.92 Å². The molecule has 3 N–H and O–H groups in total. The molecule has 0 radical (unpaired) electrons. The minimum absolute atomic E-state index is 0.388. The summed E-state index contributed by atoms with van der Waals surface area (Å²) in [5, 5.41) is 16.5. The Hall–Kier alpha value is -1.59. The van der Waals surface area contributed by atoms with E-state index in [0.29, 0.717) is 25.5 Å². The number of aliphatic hydroxyl groups is 1. The van der Waals surface area contributed by atoms with Crippen LogP contribution < -0.4 is 10.6 Å². The number of carbonyl (C=O) groups is 1. The smallest absolute Gasteiger partial charge is 0.407 e. The quantitative estimate of drug-likeness (QED) is 0.544. The van der Waals surface area contributed by atoms with Gasteiger partial charge in [0, 0.05) is 6.54 Å². The lowest BCUT2D eigenvalue weighted by atomic mass is 10.0. The molecule has 5 nitrogen and oxygen atoms in total. The Kier molecular flexibility index (Phi) is 10.1. The highest BCUT2D eigenvalue weighted by molar-refractivity contribution is 5.67. The van der Waals surface area contributed by atoms with E-state index in [2.05, 4.69) is 24.5 Å². The third-order valence-electron chi connectivity index (χ3n) is 3.70. The fourth-order valence-electron chi connectivity index (χ4n) is 2.32. The number of ether oxygens (including phenoxy) is 1. The van der Waals surface area contributed by atoms with Gasteiger partial charge in [-0.05, 0) is 30.9 Å². The van der Waals surface area contributed by atoms with Crippen LogP contribution in [0.1, 0.15) is 39.2 Å². The first-order valence-corrected chi connectivity index (χ1v) is 8.89. The standard InChI is InChI=1S/C19H32N2O3/c1-4-5-11-24-19(23)21-17(12-16-9-7-6-8-10-16)18(22)14-20-13-15(2)3/h6-10,15,17-18,20,22H,4-5,11-14H2,1-3H3,(H,21,23). The predicted octanol–water partition coefficient (Wildman–Crippen LogP) is 2.73. The zero-order valence-corrected chi connectivity index (χ0v) is 15.1. The van der Waals surface area contributed by atoms with Crippen LogP contribution in [0.3, 0.4) is 0 Å². The van der Waals surface area contributed by atoms with Gasteiger partial charge in [0.2, 0.25) is 0 Å². The fraction of sp³-hybridized carbons (Fsp3) is 0.632. The first-order valence-electron chi connectivity index (χ1n) is 8.89. The maximum absolute atomic E-state index is 11.9. The molecule has 0 saturated heterocycles. The number of carbonyl (C=O) groups excluding carboxylic acids is 1. The predicted molar refractivity (Wildman–Crippen MR) is 97.0 cm³/mol. The van der Waals surface area contributed by atoms with Gasteiger partial charge in [-0.3, -0.25) is 0 Å². The minimum atomic E-state index is -0.678. The summed E-state index contributed by atoms with van der Waals surface area (Å²) >= 11 is 0. The Morgan fingerprint density at radius 3 is 2.54 bits per heavy atom. The second-order valence-electron chi connectivity index (χ2n) is 6.55. The highest BCUT2D eigenvalue weighted by Crippen LogP contribution is 2.07. The van der Waals surface area contributed by atoms with Crippen LogP contribution in [0.15, 0.2) is 30.3 Å². The van der Waals surface area contributed by atoms with Gasteiger partial charge >= 0.3 is 6.09 Å². The third kappa shape index (κ3) is 8.89. The van der Waals surface area contributed by atoms with Crippen LogP contribution in [0.2, 0.25) is 0 Å². The minimum Gasteiger partial charge on any atom is -0.450 e. The van der Waals surface area contributed by atoms with Crippen LogP contribution in [0.25, 0.3) is 0 Å². The lowest BCUT2D eigenvalue weighted by Gasteiger charge is -2.25. The summed E-state index contributed by atoms with van der Waals surface area (Å²) in [6.45, 7) is 7.95. The number of benzene rings is 1. The Morgan fingerprint density at radius 2 is 1.92 bits per heavy atom. The molecule has 2 atom stereocenters. The van der Waals surface area contributed by atoms with Crippen molar-refractivity contribution in [3.05, 3.63) is 35.9 Å². The highest BCUT2D eigenvalue weighted by Gasteiger charge is 2.22. The number of unbranched alkanes of at least 4 members (excludes halogenated alkanes) is 1. The first-order chi connectivity index (χ1) is 11.5. The van der Waals surface area contributed by atoms with Gasteiger partial charge in [0.05, 0.1) is 18.8 Å². The van der Waals surface area contributed by atoms with Gasteiger partial charge in [0.25, 0.3) is 0 Å². The second-order valence-corrected chi connectivity index (χ2v) is 6.55. The van der Waals surface area contributed by atoms with Crippen LogP contribution in [-0.4, -0.2) is 43.0 Å². The molecule has 0 spiro atoms. The molecule has 2 unspecified atom stereocenters. The zero-order chi connectivity index (χ0) is 17.8. The number of amides is 1. The van der Waals surface area contributed by atoms with Crippen molar-refractivity contribution in [3.8, 4) is 0 Å². The molecule has 0 aliphatic heterocycles. The summed E-state index contributed by atoms with van der Waals surface area (Å²) in [4.78, 5) is 11.9. The van der Waals surface area contributed by atoms with E-state index in [1.54, 1.807) is 0 Å². The van der Waals surface area contributed by atoms with Crippen molar-refractivity contribution in [3.63, 3.8) is 0 Å². The molecule has 1 rings (SSSR count). The van der Waals surface area contributed by atoms with Gasteiger partial charge in [0.1, 0.15) is 0 Å². The zero-order valence-electron chi connectivity index (χ0n) is 15.1. The fourth-order valence-corrected chi connectivity index (χ4v) is 2.32. The van der Waals surface area contributed by atoms with E-state index < -0.39 is 12.2 Å². The number of nitrogens with one attached hydrogen (secondary N) is 2. The van der Waals surface area contributed by atoms with E-state index >= 15 is 0 Å². The molecule has 0 saturated carbocycles. The third-order valence-corrected chi connectivity index (χ3v) is 3.70. The van der Waals surface area contributed by atoms with Crippen LogP contribution in [0.5, 0.6) is 0 Å². The molecule has 24 heavy (non-hydrogen) atoms. The molecule has 1 aromatic carbocycles. The molecule has 0 fully saturated rings. The molecule has 1 aromatic rings. The Labute approximate surface area is 145 Å². The van der Waals surface area contributed by atoms with Crippen molar-refractivity contribution in [2.45, 2.75) is 52.2 Å². The largest absolute Gasteiger partial charge is 0.450 e. The van der Waals surface area contributed by atoms with Crippen LogP contribution in [-0.2, 0) is 11.2 Å². The first kappa shape index (κ1) is 20.5. The highest BCUT2D eigenvalue weighted by atomic mass is 16.5. The van der Waals surface area contributed by atoms with E-state index in [0.717, 1.165) is 24.9 Å². The van der Waals surface area contributed by atoms with Gasteiger partial charge in [-0.2, -0.15) is 0 Å². The number of hydrogen-bond acceptors (Lipinski definition) is 4. The summed E-state index contributed by atoms with van der Waals surface area (Å²) in [5.41, 5.74) is 1.07. The summed E-state index contributed by atoms with van der Waals surface area (Å²) in [5.74, 6) is 0.511. The molecule has 0 aromatic heterocycles. The van der Waals surface area contributed by atoms with Crippen LogP contribution >= 0.6 is 0 Å². The molecule has 0 aliphatic rings. The molecule has 136 valence electrons. The normalized spacial score (nSPS) is 13.5. The van der Waals surface area contributed by atoms with E-state index in [4.69, 9.17) is 4.74 Å². The number of aliphatic hydroxyl groups excluding tert-OH is 1. The van der Waals surface area contributed by atoms with Crippen molar-refractivity contribution in [1.82, 2.24) is 10.6 Å². The van der Waals surface area contributed by atoms with Crippen LogP contribution in [0.4, 0.5) is 4.79 Å². The van der Waals surface area contributed by atoms with Gasteiger partial charge < -0.3 is 20.5 Å². The molecule has 0 aliphatic carbocycles. The maximum Gasteiger partial charge on any atom is 0.407 e.